The predicted octanol–water partition coefficient (Wildman–Crippen LogP) is 2.10. The maximum atomic E-state index is 11.4. The highest BCUT2D eigenvalue weighted by Crippen LogP contribution is 1.99. The van der Waals surface area contributed by atoms with Gasteiger partial charge in [-0.05, 0) is 18.4 Å². The number of hydrogen-bond donors (Lipinski definition) is 1. The first-order valence-electron chi connectivity index (χ1n) is 7.31. The Balaban J connectivity index is 0.00000122. The van der Waals surface area contributed by atoms with Gasteiger partial charge in [0.15, 0.2) is 0 Å². The zero-order valence-electron chi connectivity index (χ0n) is 13.6. The van der Waals surface area contributed by atoms with Gasteiger partial charge in [0.2, 0.25) is 5.91 Å². The van der Waals surface area contributed by atoms with Crippen molar-refractivity contribution in [3.8, 4) is 0 Å². The third-order valence-electron chi connectivity index (χ3n) is 2.29. The van der Waals surface area contributed by atoms with E-state index in [1.807, 2.05) is 12.5 Å². The molecule has 0 saturated heterocycles. The van der Waals surface area contributed by atoms with Crippen molar-refractivity contribution < 1.29 is 9.53 Å². The molecule has 1 aromatic heterocycles. The second kappa shape index (κ2) is 13.9. The zero-order chi connectivity index (χ0) is 15.9. The number of carbonyl (C=O) groups is 1. The molecule has 0 aliphatic carbocycles. The molecule has 122 valence electrons. The zero-order valence-corrected chi connectivity index (χ0v) is 14.4. The smallest absolute Gasteiger partial charge is 0.220 e. The number of carbonyl (C=O) groups excluding carboxylic acids is 1. The number of nitrogens with zero attached hydrogens (tertiary/aromatic N) is 3. The summed E-state index contributed by atoms with van der Waals surface area (Å²) in [5.74, 6) is 1.12. The molecule has 0 aliphatic heterocycles. The lowest BCUT2D eigenvalue weighted by atomic mass is 10.3. The van der Waals surface area contributed by atoms with E-state index in [4.69, 9.17) is 4.74 Å². The molecular weight excluding hydrogens is 288 g/mol. The molecule has 1 aromatic rings. The molecular formula is C14H28N4O2S. The fourth-order valence-electron chi connectivity index (χ4n) is 1.44. The van der Waals surface area contributed by atoms with Crippen LogP contribution < -0.4 is 5.32 Å². The average molecular weight is 316 g/mol. The van der Waals surface area contributed by atoms with Gasteiger partial charge in [0.25, 0.3) is 0 Å². The van der Waals surface area contributed by atoms with Gasteiger partial charge in [-0.2, -0.15) is 11.8 Å². The van der Waals surface area contributed by atoms with Gasteiger partial charge in [0.1, 0.15) is 5.69 Å². The summed E-state index contributed by atoms with van der Waals surface area (Å²) >= 11 is 1.76. The van der Waals surface area contributed by atoms with Crippen LogP contribution in [0.15, 0.2) is 6.20 Å². The first-order valence-corrected chi connectivity index (χ1v) is 8.70. The van der Waals surface area contributed by atoms with E-state index in [2.05, 4.69) is 29.5 Å². The summed E-state index contributed by atoms with van der Waals surface area (Å²) in [5, 5.41) is 10.7. The van der Waals surface area contributed by atoms with Crippen LogP contribution in [0.1, 0.15) is 38.8 Å². The van der Waals surface area contributed by atoms with E-state index < -0.39 is 0 Å². The SMILES string of the molecule is CCC.COCc1cn(CCNC(=O)CCCSC)nn1. The number of ether oxygens (including phenoxy) is 1. The number of rotatable bonds is 9. The maximum Gasteiger partial charge on any atom is 0.220 e. The Kier molecular flexibility index (Phi) is 13.2. The third-order valence-corrected chi connectivity index (χ3v) is 2.99. The summed E-state index contributed by atoms with van der Waals surface area (Å²) in [7, 11) is 1.62. The van der Waals surface area contributed by atoms with Crippen molar-refractivity contribution in [1.29, 1.82) is 0 Å². The Hall–Kier alpha value is -1.08. The molecule has 0 spiro atoms. The summed E-state index contributed by atoms with van der Waals surface area (Å²) < 4.78 is 6.66. The predicted molar refractivity (Wildman–Crippen MR) is 87.3 cm³/mol. The van der Waals surface area contributed by atoms with E-state index in [1.54, 1.807) is 23.6 Å². The molecule has 6 nitrogen and oxygen atoms in total. The van der Waals surface area contributed by atoms with Crippen LogP contribution in [-0.2, 0) is 22.7 Å². The lowest BCUT2D eigenvalue weighted by molar-refractivity contribution is -0.121. The minimum Gasteiger partial charge on any atom is -0.378 e. The fraction of sp³-hybridized carbons (Fsp3) is 0.786. The summed E-state index contributed by atoms with van der Waals surface area (Å²) in [6.07, 6.45) is 6.63. The molecule has 7 heteroatoms. The van der Waals surface area contributed by atoms with E-state index in [-0.39, 0.29) is 5.91 Å². The van der Waals surface area contributed by atoms with Gasteiger partial charge in [-0.15, -0.1) is 5.10 Å². The van der Waals surface area contributed by atoms with Crippen LogP contribution in [0, 0.1) is 0 Å². The summed E-state index contributed by atoms with van der Waals surface area (Å²) in [6, 6.07) is 0. The lowest BCUT2D eigenvalue weighted by Crippen LogP contribution is -2.27. The van der Waals surface area contributed by atoms with Crippen LogP contribution in [0.4, 0.5) is 0 Å². The van der Waals surface area contributed by atoms with Gasteiger partial charge >= 0.3 is 0 Å². The first-order chi connectivity index (χ1) is 10.2. The molecule has 1 amide bonds. The first kappa shape index (κ1) is 19.9. The van der Waals surface area contributed by atoms with Crippen molar-refractivity contribution in [3.63, 3.8) is 0 Å². The highest BCUT2D eigenvalue weighted by molar-refractivity contribution is 7.98. The fourth-order valence-corrected chi connectivity index (χ4v) is 1.87. The number of thioether (sulfide) groups is 1. The number of hydrogen-bond acceptors (Lipinski definition) is 5. The molecule has 0 radical (unpaired) electrons. The molecule has 0 fully saturated rings. The number of aromatic nitrogens is 3. The minimum absolute atomic E-state index is 0.0984. The van der Waals surface area contributed by atoms with Gasteiger partial charge in [-0.25, -0.2) is 0 Å². The summed E-state index contributed by atoms with van der Waals surface area (Å²) in [6.45, 7) is 5.92. The molecule has 0 unspecified atom stereocenters. The number of amides is 1. The minimum atomic E-state index is 0.0984. The Morgan fingerprint density at radius 3 is 2.81 bits per heavy atom. The van der Waals surface area contributed by atoms with Crippen LogP contribution in [0.5, 0.6) is 0 Å². The van der Waals surface area contributed by atoms with Crippen LogP contribution >= 0.6 is 11.8 Å². The van der Waals surface area contributed by atoms with E-state index in [0.717, 1.165) is 17.9 Å². The standard InChI is InChI=1S/C11H20N4O2S.C3H8/c1-17-9-10-8-15(14-13-10)6-5-12-11(16)4-3-7-18-2;1-3-2/h8H,3-7,9H2,1-2H3,(H,12,16);3H2,1-2H3. The molecule has 0 atom stereocenters. The topological polar surface area (TPSA) is 69.0 Å². The second-order valence-electron chi connectivity index (χ2n) is 4.56. The van der Waals surface area contributed by atoms with E-state index in [9.17, 15) is 4.79 Å². The molecule has 0 bridgehead atoms. The van der Waals surface area contributed by atoms with Crippen LogP contribution in [0.25, 0.3) is 0 Å². The average Bonchev–Trinajstić information content (AvgIpc) is 2.88. The van der Waals surface area contributed by atoms with Gasteiger partial charge in [-0.1, -0.05) is 25.5 Å². The molecule has 1 N–H and O–H groups in total. The van der Waals surface area contributed by atoms with Crippen LogP contribution in [-0.4, -0.2) is 46.6 Å². The van der Waals surface area contributed by atoms with Gasteiger partial charge < -0.3 is 10.1 Å². The molecule has 0 aromatic carbocycles. The Morgan fingerprint density at radius 1 is 1.48 bits per heavy atom. The van der Waals surface area contributed by atoms with Crippen molar-refractivity contribution in [2.24, 2.45) is 0 Å². The van der Waals surface area contributed by atoms with Crippen molar-refractivity contribution in [2.75, 3.05) is 25.7 Å². The Labute approximate surface area is 132 Å². The number of nitrogens with one attached hydrogen (secondary N) is 1. The highest BCUT2D eigenvalue weighted by Gasteiger charge is 2.02. The third kappa shape index (κ3) is 11.3. The molecule has 21 heavy (non-hydrogen) atoms. The van der Waals surface area contributed by atoms with Gasteiger partial charge in [0, 0.05) is 20.1 Å². The summed E-state index contributed by atoms with van der Waals surface area (Å²) in [5.41, 5.74) is 0.795. The van der Waals surface area contributed by atoms with E-state index in [1.165, 1.54) is 6.42 Å². The van der Waals surface area contributed by atoms with Gasteiger partial charge in [-0.3, -0.25) is 9.48 Å². The molecule has 1 rings (SSSR count). The summed E-state index contributed by atoms with van der Waals surface area (Å²) in [4.78, 5) is 11.4. The van der Waals surface area contributed by atoms with E-state index >= 15 is 0 Å². The van der Waals surface area contributed by atoms with Crippen molar-refractivity contribution in [3.05, 3.63) is 11.9 Å². The molecule has 0 aliphatic rings. The van der Waals surface area contributed by atoms with Crippen molar-refractivity contribution >= 4 is 17.7 Å². The normalized spacial score (nSPS) is 9.90. The molecule has 0 saturated carbocycles. The Morgan fingerprint density at radius 2 is 2.19 bits per heavy atom. The number of methoxy groups -OCH3 is 1. The van der Waals surface area contributed by atoms with Crippen molar-refractivity contribution in [1.82, 2.24) is 20.3 Å². The van der Waals surface area contributed by atoms with Crippen LogP contribution in [0.2, 0.25) is 0 Å². The van der Waals surface area contributed by atoms with E-state index in [0.29, 0.717) is 26.1 Å². The monoisotopic (exact) mass is 316 g/mol. The van der Waals surface area contributed by atoms with Gasteiger partial charge in [0.05, 0.1) is 19.3 Å². The van der Waals surface area contributed by atoms with Crippen molar-refractivity contribution in [2.45, 2.75) is 46.3 Å². The second-order valence-corrected chi connectivity index (χ2v) is 5.54. The molecule has 1 heterocycles. The quantitative estimate of drug-likeness (QED) is 0.707. The largest absolute Gasteiger partial charge is 0.378 e. The Bertz CT molecular complexity index is 372. The van der Waals surface area contributed by atoms with Crippen LogP contribution in [0.3, 0.4) is 0 Å². The highest BCUT2D eigenvalue weighted by atomic mass is 32.2. The maximum absolute atomic E-state index is 11.4. The lowest BCUT2D eigenvalue weighted by Gasteiger charge is -2.04.